The molecule has 0 saturated heterocycles. The predicted octanol–water partition coefficient (Wildman–Crippen LogP) is 0.792. The topological polar surface area (TPSA) is 55.1 Å². The van der Waals surface area contributed by atoms with Crippen molar-refractivity contribution in [3.05, 3.63) is 35.1 Å². The summed E-state index contributed by atoms with van der Waals surface area (Å²) in [6.07, 6.45) is 0. The van der Waals surface area contributed by atoms with E-state index in [1.165, 1.54) is 0 Å². The smallest absolute Gasteiger partial charge is 0.251 e. The van der Waals surface area contributed by atoms with E-state index in [1.54, 1.807) is 0 Å². The maximum absolute atomic E-state index is 12.7. The van der Waals surface area contributed by atoms with Gasteiger partial charge in [-0.25, -0.2) is 13.2 Å². The molecule has 0 heterocycles. The zero-order chi connectivity index (χ0) is 11.4. The summed E-state index contributed by atoms with van der Waals surface area (Å²) in [5.41, 5.74) is 4.84. The van der Waals surface area contributed by atoms with Crippen LogP contribution in [-0.4, -0.2) is 19.0 Å². The molecule has 0 aromatic heterocycles. The Morgan fingerprint density at radius 1 is 1.27 bits per heavy atom. The van der Waals surface area contributed by atoms with Crippen LogP contribution in [0.25, 0.3) is 0 Å². The first-order valence-electron chi connectivity index (χ1n) is 4.19. The average molecular weight is 218 g/mol. The van der Waals surface area contributed by atoms with Gasteiger partial charge in [-0.1, -0.05) is 0 Å². The Kier molecular flexibility index (Phi) is 3.68. The normalized spacial score (nSPS) is 10.1. The highest BCUT2D eigenvalue weighted by Gasteiger charge is 2.14. The highest BCUT2D eigenvalue weighted by molar-refractivity contribution is 5.94. The number of carbonyl (C=O) groups is 1. The molecule has 0 saturated carbocycles. The Morgan fingerprint density at radius 2 is 1.80 bits per heavy atom. The highest BCUT2D eigenvalue weighted by atomic mass is 19.2. The zero-order valence-corrected chi connectivity index (χ0v) is 7.69. The van der Waals surface area contributed by atoms with E-state index in [4.69, 9.17) is 5.73 Å². The molecule has 1 amide bonds. The van der Waals surface area contributed by atoms with E-state index in [9.17, 15) is 18.0 Å². The number of nitrogens with one attached hydrogen (secondary N) is 1. The maximum atomic E-state index is 12.7. The van der Waals surface area contributed by atoms with E-state index in [0.29, 0.717) is 12.1 Å². The summed E-state index contributed by atoms with van der Waals surface area (Å²) in [4.78, 5) is 11.2. The van der Waals surface area contributed by atoms with Crippen LogP contribution < -0.4 is 11.1 Å². The fourth-order valence-electron chi connectivity index (χ4n) is 0.974. The van der Waals surface area contributed by atoms with Gasteiger partial charge in [-0.15, -0.1) is 0 Å². The van der Waals surface area contributed by atoms with Crippen LogP contribution in [-0.2, 0) is 0 Å². The second-order valence-corrected chi connectivity index (χ2v) is 2.80. The number of halogens is 3. The Balaban J connectivity index is 2.91. The minimum absolute atomic E-state index is 0.180. The summed E-state index contributed by atoms with van der Waals surface area (Å²) in [6, 6.07) is 1.26. The molecule has 3 nitrogen and oxygen atoms in total. The predicted molar refractivity (Wildman–Crippen MR) is 47.7 cm³/mol. The lowest BCUT2D eigenvalue weighted by atomic mass is 10.2. The summed E-state index contributed by atoms with van der Waals surface area (Å²) in [7, 11) is 0. The number of rotatable bonds is 3. The van der Waals surface area contributed by atoms with Gasteiger partial charge >= 0.3 is 0 Å². The van der Waals surface area contributed by atoms with Crippen LogP contribution in [0.4, 0.5) is 13.2 Å². The minimum atomic E-state index is -1.59. The average Bonchev–Trinajstić information content (AvgIpc) is 2.21. The van der Waals surface area contributed by atoms with Crippen LogP contribution >= 0.6 is 0 Å². The van der Waals surface area contributed by atoms with Crippen molar-refractivity contribution in [2.24, 2.45) is 5.73 Å². The second-order valence-electron chi connectivity index (χ2n) is 2.80. The molecule has 0 spiro atoms. The molecule has 1 aromatic rings. The van der Waals surface area contributed by atoms with Crippen molar-refractivity contribution in [2.75, 3.05) is 13.1 Å². The standard InChI is InChI=1S/C9H9F3N2O/c10-6-3-5(4-7(11)8(6)12)9(15)14-2-1-13/h3-4H,1-2,13H2,(H,14,15). The van der Waals surface area contributed by atoms with Crippen LogP contribution in [0.2, 0.25) is 0 Å². The molecule has 0 bridgehead atoms. The van der Waals surface area contributed by atoms with E-state index in [1.807, 2.05) is 0 Å². The lowest BCUT2D eigenvalue weighted by molar-refractivity contribution is 0.0953. The molecule has 0 atom stereocenters. The van der Waals surface area contributed by atoms with Crippen molar-refractivity contribution in [2.45, 2.75) is 0 Å². The molecule has 0 unspecified atom stereocenters. The molecule has 0 radical (unpaired) electrons. The van der Waals surface area contributed by atoms with Gasteiger partial charge in [0, 0.05) is 18.7 Å². The molecule has 6 heteroatoms. The largest absolute Gasteiger partial charge is 0.351 e. The first-order chi connectivity index (χ1) is 7.06. The Bertz CT molecular complexity index is 359. The van der Waals surface area contributed by atoms with Gasteiger partial charge in [-0.3, -0.25) is 4.79 Å². The van der Waals surface area contributed by atoms with Gasteiger partial charge in [0.1, 0.15) is 0 Å². The molecule has 1 rings (SSSR count). The first kappa shape index (κ1) is 11.5. The zero-order valence-electron chi connectivity index (χ0n) is 7.69. The first-order valence-corrected chi connectivity index (χ1v) is 4.19. The van der Waals surface area contributed by atoms with Gasteiger partial charge < -0.3 is 11.1 Å². The summed E-state index contributed by atoms with van der Waals surface area (Å²) in [6.45, 7) is 0.386. The third-order valence-corrected chi connectivity index (χ3v) is 1.68. The lowest BCUT2D eigenvalue weighted by Gasteiger charge is -2.04. The molecular formula is C9H9F3N2O. The molecule has 0 fully saturated rings. The molecule has 0 aliphatic carbocycles. The number of hydrogen-bond donors (Lipinski definition) is 2. The number of carbonyl (C=O) groups excluding carboxylic acids is 1. The molecule has 0 aliphatic heterocycles. The Morgan fingerprint density at radius 3 is 2.27 bits per heavy atom. The van der Waals surface area contributed by atoms with Crippen LogP contribution in [0.1, 0.15) is 10.4 Å². The van der Waals surface area contributed by atoms with Crippen LogP contribution in [0.3, 0.4) is 0 Å². The highest BCUT2D eigenvalue weighted by Crippen LogP contribution is 2.13. The Hall–Kier alpha value is -1.56. The van der Waals surface area contributed by atoms with Crippen molar-refractivity contribution in [1.29, 1.82) is 0 Å². The van der Waals surface area contributed by atoms with E-state index < -0.39 is 23.4 Å². The third kappa shape index (κ3) is 2.69. The Labute approximate surface area is 84.1 Å². The molecular weight excluding hydrogens is 209 g/mol. The molecule has 0 aliphatic rings. The van der Waals surface area contributed by atoms with E-state index >= 15 is 0 Å². The van der Waals surface area contributed by atoms with Crippen molar-refractivity contribution < 1.29 is 18.0 Å². The second kappa shape index (κ2) is 4.79. The van der Waals surface area contributed by atoms with Crippen molar-refractivity contribution in [3.63, 3.8) is 0 Å². The quantitative estimate of drug-likeness (QED) is 0.737. The SMILES string of the molecule is NCCNC(=O)c1cc(F)c(F)c(F)c1. The van der Waals surface area contributed by atoms with Gasteiger partial charge in [-0.2, -0.15) is 0 Å². The fraction of sp³-hybridized carbons (Fsp3) is 0.222. The summed E-state index contributed by atoms with van der Waals surface area (Å²) in [5, 5.41) is 2.30. The van der Waals surface area contributed by atoms with Gasteiger partial charge in [0.2, 0.25) is 0 Å². The maximum Gasteiger partial charge on any atom is 0.251 e. The fourth-order valence-corrected chi connectivity index (χ4v) is 0.974. The van der Waals surface area contributed by atoms with Crippen molar-refractivity contribution in [3.8, 4) is 0 Å². The molecule has 3 N–H and O–H groups in total. The summed E-state index contributed by atoms with van der Waals surface area (Å²) < 4.78 is 37.9. The van der Waals surface area contributed by atoms with Gasteiger partial charge in [0.05, 0.1) is 0 Å². The number of benzene rings is 1. The van der Waals surface area contributed by atoms with E-state index in [-0.39, 0.29) is 18.7 Å². The summed E-state index contributed by atoms with van der Waals surface area (Å²) in [5.74, 6) is -5.08. The van der Waals surface area contributed by atoms with Crippen LogP contribution in [0.15, 0.2) is 12.1 Å². The number of nitrogens with two attached hydrogens (primary N) is 1. The van der Waals surface area contributed by atoms with E-state index in [0.717, 1.165) is 0 Å². The van der Waals surface area contributed by atoms with Gasteiger partial charge in [-0.05, 0) is 12.1 Å². The van der Waals surface area contributed by atoms with Gasteiger partial charge in [0.15, 0.2) is 17.5 Å². The number of hydrogen-bond acceptors (Lipinski definition) is 2. The molecule has 82 valence electrons. The van der Waals surface area contributed by atoms with Crippen molar-refractivity contribution in [1.82, 2.24) is 5.32 Å². The lowest BCUT2D eigenvalue weighted by Crippen LogP contribution is -2.29. The van der Waals surface area contributed by atoms with Crippen molar-refractivity contribution >= 4 is 5.91 Å². The van der Waals surface area contributed by atoms with Gasteiger partial charge in [0.25, 0.3) is 5.91 Å². The molecule has 15 heavy (non-hydrogen) atoms. The monoisotopic (exact) mass is 218 g/mol. The van der Waals surface area contributed by atoms with Crippen LogP contribution in [0.5, 0.6) is 0 Å². The van der Waals surface area contributed by atoms with Crippen LogP contribution in [0, 0.1) is 17.5 Å². The summed E-state index contributed by atoms with van der Waals surface area (Å²) >= 11 is 0. The number of amides is 1. The minimum Gasteiger partial charge on any atom is -0.351 e. The third-order valence-electron chi connectivity index (χ3n) is 1.68. The molecule has 1 aromatic carbocycles. The van der Waals surface area contributed by atoms with E-state index in [2.05, 4.69) is 5.32 Å².